The molecule has 1 unspecified atom stereocenters. The molecule has 0 bridgehead atoms. The number of hydrogen-bond donors (Lipinski definition) is 0. The van der Waals surface area contributed by atoms with Crippen LogP contribution in [0.2, 0.25) is 0 Å². The Morgan fingerprint density at radius 3 is 2.24 bits per heavy atom. The van der Waals surface area contributed by atoms with E-state index in [4.69, 9.17) is 0 Å². The summed E-state index contributed by atoms with van der Waals surface area (Å²) in [5.41, 5.74) is 0. The highest BCUT2D eigenvalue weighted by Crippen LogP contribution is 2.18. The van der Waals surface area contributed by atoms with Crippen LogP contribution in [0.5, 0.6) is 0 Å². The molecule has 1 aliphatic rings. The molecule has 3 heteroatoms. The minimum atomic E-state index is -0.127. The fourth-order valence-electron chi connectivity index (χ4n) is 1.69. The van der Waals surface area contributed by atoms with Crippen LogP contribution in [0.3, 0.4) is 0 Å². The minimum Gasteiger partial charge on any atom is -0.333 e. The number of likely N-dealkylation sites (tertiary alicyclic amines) is 1. The topological polar surface area (TPSA) is 37.4 Å². The van der Waals surface area contributed by atoms with Crippen LogP contribution in [0, 0.1) is 0 Å². The number of amides is 1. The van der Waals surface area contributed by atoms with E-state index in [0.29, 0.717) is 6.42 Å². The number of hydrogen-bond acceptors (Lipinski definition) is 2. The highest BCUT2D eigenvalue weighted by Gasteiger charge is 2.30. The number of rotatable bonds is 2. The molecule has 1 rings (SSSR count). The molecule has 0 radical (unpaired) electrons. The summed E-state index contributed by atoms with van der Waals surface area (Å²) in [6, 6.07) is -0.127. The maximum absolute atomic E-state index is 11.3. The van der Waals surface area contributed by atoms with E-state index in [1.165, 1.54) is 0 Å². The molecule has 0 saturated carbocycles. The van der Waals surface area contributed by atoms with Crippen molar-refractivity contribution in [2.45, 2.75) is 59.9 Å². The Labute approximate surface area is 106 Å². The van der Waals surface area contributed by atoms with Crippen LogP contribution in [0.15, 0.2) is 12.7 Å². The van der Waals surface area contributed by atoms with Crippen molar-refractivity contribution in [3.05, 3.63) is 12.7 Å². The first kappa shape index (κ1) is 18.3. The van der Waals surface area contributed by atoms with Crippen LogP contribution in [0.25, 0.3) is 0 Å². The molecule has 0 aromatic carbocycles. The van der Waals surface area contributed by atoms with Crippen LogP contribution >= 0.6 is 0 Å². The number of carbonyl (C=O) groups is 2. The summed E-state index contributed by atoms with van der Waals surface area (Å²) in [6.07, 6.45) is 4.07. The van der Waals surface area contributed by atoms with E-state index in [1.54, 1.807) is 17.9 Å². The first-order chi connectivity index (χ1) is 8.08. The Hall–Kier alpha value is -1.12. The lowest BCUT2D eigenvalue weighted by atomic mass is 10.1. The van der Waals surface area contributed by atoms with Gasteiger partial charge in [0.05, 0.1) is 6.04 Å². The second-order valence-corrected chi connectivity index (χ2v) is 3.62. The third kappa shape index (κ3) is 6.93. The summed E-state index contributed by atoms with van der Waals surface area (Å²) in [4.78, 5) is 24.1. The molecular formula is C14H27NO2. The van der Waals surface area contributed by atoms with Crippen molar-refractivity contribution in [1.29, 1.82) is 0 Å². The van der Waals surface area contributed by atoms with Gasteiger partial charge in [0.1, 0.15) is 0 Å². The van der Waals surface area contributed by atoms with Gasteiger partial charge in [0.2, 0.25) is 5.91 Å². The predicted molar refractivity (Wildman–Crippen MR) is 72.9 cm³/mol. The Balaban J connectivity index is 0. The van der Waals surface area contributed by atoms with Crippen LogP contribution < -0.4 is 0 Å². The number of carbonyl (C=O) groups excluding carboxylic acids is 2. The molecule has 1 atom stereocenters. The van der Waals surface area contributed by atoms with Crippen LogP contribution in [0.1, 0.15) is 53.9 Å². The minimum absolute atomic E-state index is 0.104. The third-order valence-corrected chi connectivity index (χ3v) is 2.34. The van der Waals surface area contributed by atoms with E-state index >= 15 is 0 Å². The van der Waals surface area contributed by atoms with E-state index in [-0.39, 0.29) is 17.7 Å². The lowest BCUT2D eigenvalue weighted by molar-refractivity contribution is -0.136. The monoisotopic (exact) mass is 241 g/mol. The summed E-state index contributed by atoms with van der Waals surface area (Å²) in [7, 11) is 0. The number of ketones is 1. The van der Waals surface area contributed by atoms with Gasteiger partial charge in [-0.1, -0.05) is 26.8 Å². The summed E-state index contributed by atoms with van der Waals surface area (Å²) >= 11 is 0. The largest absolute Gasteiger partial charge is 0.333 e. The molecule has 1 fully saturated rings. The fraction of sp³-hybridized carbons (Fsp3) is 0.714. The van der Waals surface area contributed by atoms with Crippen molar-refractivity contribution in [2.24, 2.45) is 0 Å². The molecule has 0 N–H and O–H groups in total. The SMILES string of the molecule is C=CC.CC.CCC(=O)N1CCCC1C(C)=O. The van der Waals surface area contributed by atoms with Gasteiger partial charge in [0, 0.05) is 13.0 Å². The zero-order chi connectivity index (χ0) is 13.8. The maximum atomic E-state index is 11.3. The normalized spacial score (nSPS) is 17.2. The quantitative estimate of drug-likeness (QED) is 0.696. The van der Waals surface area contributed by atoms with Crippen molar-refractivity contribution in [1.82, 2.24) is 4.90 Å². The predicted octanol–water partition coefficient (Wildman–Crippen LogP) is 3.19. The number of allylic oxidation sites excluding steroid dienone is 1. The number of Topliss-reactive ketones (excluding diaryl/α,β-unsaturated/α-hetero) is 1. The lowest BCUT2D eigenvalue weighted by Gasteiger charge is -2.21. The van der Waals surface area contributed by atoms with E-state index < -0.39 is 0 Å². The van der Waals surface area contributed by atoms with Crippen molar-refractivity contribution < 1.29 is 9.59 Å². The van der Waals surface area contributed by atoms with E-state index in [9.17, 15) is 9.59 Å². The van der Waals surface area contributed by atoms with Gasteiger partial charge in [-0.05, 0) is 26.7 Å². The van der Waals surface area contributed by atoms with Gasteiger partial charge in [0.15, 0.2) is 5.78 Å². The molecule has 1 amide bonds. The van der Waals surface area contributed by atoms with E-state index in [0.717, 1.165) is 19.4 Å². The zero-order valence-electron chi connectivity index (χ0n) is 12.0. The van der Waals surface area contributed by atoms with E-state index in [1.807, 2.05) is 27.7 Å². The van der Waals surface area contributed by atoms with Crippen molar-refractivity contribution in [3.8, 4) is 0 Å². The molecule has 0 aliphatic carbocycles. The van der Waals surface area contributed by atoms with Crippen LogP contribution in [0.4, 0.5) is 0 Å². The zero-order valence-corrected chi connectivity index (χ0v) is 12.0. The molecule has 17 heavy (non-hydrogen) atoms. The lowest BCUT2D eigenvalue weighted by Crippen LogP contribution is -2.39. The number of nitrogens with zero attached hydrogens (tertiary/aromatic N) is 1. The second kappa shape index (κ2) is 11.4. The van der Waals surface area contributed by atoms with Gasteiger partial charge < -0.3 is 4.90 Å². The van der Waals surface area contributed by atoms with E-state index in [2.05, 4.69) is 6.58 Å². The van der Waals surface area contributed by atoms with Gasteiger partial charge in [-0.3, -0.25) is 9.59 Å². The molecule has 0 aromatic rings. The van der Waals surface area contributed by atoms with Gasteiger partial charge in [-0.25, -0.2) is 0 Å². The molecule has 1 aliphatic heterocycles. The summed E-state index contributed by atoms with van der Waals surface area (Å²) in [6.45, 7) is 13.4. The van der Waals surface area contributed by atoms with Gasteiger partial charge in [-0.15, -0.1) is 6.58 Å². The average molecular weight is 241 g/mol. The van der Waals surface area contributed by atoms with Crippen molar-refractivity contribution in [2.75, 3.05) is 6.54 Å². The first-order valence-electron chi connectivity index (χ1n) is 6.45. The maximum Gasteiger partial charge on any atom is 0.222 e. The van der Waals surface area contributed by atoms with Gasteiger partial charge in [-0.2, -0.15) is 0 Å². The molecular weight excluding hydrogens is 214 g/mol. The summed E-state index contributed by atoms with van der Waals surface area (Å²) in [5, 5.41) is 0. The van der Waals surface area contributed by atoms with Crippen LogP contribution in [-0.2, 0) is 9.59 Å². The standard InChI is InChI=1S/C9H15NO2.C3H6.C2H6/c1-3-9(12)10-6-4-5-8(10)7(2)11;1-3-2;1-2/h8H,3-6H2,1-2H3;3H,1H2,2H3;1-2H3. The van der Waals surface area contributed by atoms with Crippen molar-refractivity contribution in [3.63, 3.8) is 0 Å². The molecule has 1 saturated heterocycles. The van der Waals surface area contributed by atoms with Gasteiger partial charge in [0.25, 0.3) is 0 Å². The van der Waals surface area contributed by atoms with Crippen LogP contribution in [-0.4, -0.2) is 29.2 Å². The summed E-state index contributed by atoms with van der Waals surface area (Å²) < 4.78 is 0. The average Bonchev–Trinajstić information content (AvgIpc) is 2.81. The molecule has 3 nitrogen and oxygen atoms in total. The Bertz CT molecular complexity index is 236. The van der Waals surface area contributed by atoms with Crippen molar-refractivity contribution >= 4 is 11.7 Å². The summed E-state index contributed by atoms with van der Waals surface area (Å²) in [5.74, 6) is 0.224. The highest BCUT2D eigenvalue weighted by molar-refractivity contribution is 5.87. The smallest absolute Gasteiger partial charge is 0.222 e. The molecule has 0 spiro atoms. The molecule has 1 heterocycles. The second-order valence-electron chi connectivity index (χ2n) is 3.62. The Morgan fingerprint density at radius 2 is 1.88 bits per heavy atom. The Morgan fingerprint density at radius 1 is 1.41 bits per heavy atom. The highest BCUT2D eigenvalue weighted by atomic mass is 16.2. The fourth-order valence-corrected chi connectivity index (χ4v) is 1.69. The first-order valence-corrected chi connectivity index (χ1v) is 6.45. The molecule has 0 aromatic heterocycles. The molecule has 100 valence electrons. The van der Waals surface area contributed by atoms with Gasteiger partial charge >= 0.3 is 0 Å². The third-order valence-electron chi connectivity index (χ3n) is 2.34. The Kier molecular flexibility index (Phi) is 12.2.